The Balaban J connectivity index is 0.000000129. The third kappa shape index (κ3) is 20.9. The van der Waals surface area contributed by atoms with Gasteiger partial charge < -0.3 is 22.8 Å². The molecule has 5 nitrogen and oxygen atoms in total. The zero-order valence-electron chi connectivity index (χ0n) is 91.6. The molecular formula is C135H157N5. The van der Waals surface area contributed by atoms with Gasteiger partial charge in [0.1, 0.15) is 0 Å². The standard InChI is InChI=1S/C28H24N2.C24H33N.C23H32.C22H21N.C22H30.C16H17N/c1-28(2,3)30-26-15-9-6-12-22(26)23-18-19(16-17-27(23)30)29-24-13-7-4-10-20(24)21-11-5-8-14-25(21)29;1-22(2,3)16-10-12-20-18(14-16)19-15-17(23(4,5)6)11-13-21(19)25(20)24(7,8)9;1-16(2)19-14-18(17-12-10-9-11-13-17)15-20(22(3,4)5)21(19)23(6,7)8;1-22(2,3)23-20-15-8-7-12-18(20)19-14-9-13-17(21(19)23)16-10-5-4-6-11-16;1-15(2)19-13-18(17-11-9-8-10-12-17)14-20(16(3)4)21(19)22(5,6)7;1-16(2,3)17-14-10-6-4-8-12(14)13-9-5-7-11-15(13)17/h4-18H,1-3H3;10-15H,1-9H3;9-16H,1-8H3;4-15H,1-3H3;8-16H,1-7H3;4-11H,1-3H3/i;;16D;;;. The van der Waals surface area contributed by atoms with Crippen LogP contribution in [0.15, 0.2) is 334 Å². The molecule has 0 bridgehead atoms. The molecule has 0 atom stereocenters. The lowest BCUT2D eigenvalue weighted by atomic mass is 9.70. The van der Waals surface area contributed by atoms with Crippen LogP contribution in [0.2, 0.25) is 0 Å². The zero-order valence-corrected chi connectivity index (χ0v) is 90.6. The Kier molecular flexibility index (Phi) is 28.0. The Morgan fingerprint density at radius 1 is 0.207 bits per heavy atom. The number of rotatable bonds is 7. The Hall–Kier alpha value is -12.7. The summed E-state index contributed by atoms with van der Waals surface area (Å²) in [5.74, 6) is 0.443. The van der Waals surface area contributed by atoms with Crippen molar-refractivity contribution in [2.75, 3.05) is 0 Å². The average molecular weight is 1850 g/mol. The SMILES string of the molecule is CC(C)(C)c1ccc2c(c1)c1cc(C(C)(C)C)ccc1n2C(C)(C)C.CC(C)(C)n1c2ccccc2c2cc(-n3c4ccccc4c4ccccc43)ccc21.CC(C)(C)n1c2ccccc2c2cccc(-c3ccccc3)c21.CC(C)(C)n1c2ccccc2c2ccccc21.CC(C)c1cc(-c2ccccc2)cc(C(C)C)c1C(C)(C)C.[2H]C(C)(C)c1cc(-c2ccccc2)cc(C(C)(C)C)c1C(C)(C)C. The first-order valence-electron chi connectivity index (χ1n) is 51.7. The van der Waals surface area contributed by atoms with Gasteiger partial charge in [-0.25, -0.2) is 0 Å². The molecule has 15 aromatic carbocycles. The summed E-state index contributed by atoms with van der Waals surface area (Å²) >= 11 is 0. The van der Waals surface area contributed by atoms with Crippen LogP contribution in [0.3, 0.4) is 0 Å². The summed E-state index contributed by atoms with van der Waals surface area (Å²) in [7, 11) is 0. The summed E-state index contributed by atoms with van der Waals surface area (Å²) < 4.78 is 21.0. The lowest BCUT2D eigenvalue weighted by molar-refractivity contribution is 0.423. The molecule has 0 saturated heterocycles. The third-order valence-electron chi connectivity index (χ3n) is 27.7. The molecule has 0 aliphatic carbocycles. The van der Waals surface area contributed by atoms with Gasteiger partial charge in [-0.3, -0.25) is 0 Å². The maximum absolute atomic E-state index is 8.75. The summed E-state index contributed by atoms with van der Waals surface area (Å²) in [4.78, 5) is 0. The van der Waals surface area contributed by atoms with Gasteiger partial charge in [0.25, 0.3) is 0 Å². The first-order valence-corrected chi connectivity index (χ1v) is 51.2. The van der Waals surface area contributed by atoms with Crippen molar-refractivity contribution < 1.29 is 1.37 Å². The predicted molar refractivity (Wildman–Crippen MR) is 617 cm³/mol. The summed E-state index contributed by atoms with van der Waals surface area (Å²) in [6.07, 6.45) is 0. The Bertz CT molecular complexity index is 7650. The first kappa shape index (κ1) is 100. The fourth-order valence-electron chi connectivity index (χ4n) is 21.4. The summed E-state index contributed by atoms with van der Waals surface area (Å²) in [5.41, 5.74) is 33.7. The lowest BCUT2D eigenvalue weighted by Crippen LogP contribution is -2.24. The van der Waals surface area contributed by atoms with Gasteiger partial charge >= 0.3 is 0 Å². The van der Waals surface area contributed by atoms with E-state index in [1.54, 1.807) is 0 Å². The molecule has 0 saturated carbocycles. The fourth-order valence-corrected chi connectivity index (χ4v) is 21.4. The van der Waals surface area contributed by atoms with Crippen molar-refractivity contribution >= 4 is 109 Å². The number of benzene rings is 15. The molecule has 20 aromatic rings. The smallest absolute Gasteiger partial charge is 0.0576 e. The molecule has 140 heavy (non-hydrogen) atoms. The highest BCUT2D eigenvalue weighted by Gasteiger charge is 2.33. The topological polar surface area (TPSA) is 24.6 Å². The highest BCUT2D eigenvalue weighted by Crippen LogP contribution is 2.48. The van der Waals surface area contributed by atoms with Crippen molar-refractivity contribution in [3.63, 3.8) is 0 Å². The van der Waals surface area contributed by atoms with E-state index in [0.717, 1.165) is 5.56 Å². The van der Waals surface area contributed by atoms with Crippen molar-refractivity contribution in [2.45, 2.75) is 295 Å². The molecular weight excluding hydrogens is 1690 g/mol. The number of hydrogen-bond acceptors (Lipinski definition) is 0. The summed E-state index contributed by atoms with van der Waals surface area (Å²) in [5, 5.41) is 13.3. The monoisotopic (exact) mass is 1850 g/mol. The maximum atomic E-state index is 8.75. The molecule has 0 amide bonds. The molecule has 0 unspecified atom stereocenters. The zero-order chi connectivity index (χ0) is 102. The second kappa shape index (κ2) is 39.1. The Labute approximate surface area is 840 Å². The van der Waals surface area contributed by atoms with Gasteiger partial charge in [0, 0.05) is 127 Å². The van der Waals surface area contributed by atoms with Crippen LogP contribution in [-0.4, -0.2) is 22.8 Å². The van der Waals surface area contributed by atoms with E-state index in [-0.39, 0.29) is 49.2 Å². The van der Waals surface area contributed by atoms with Gasteiger partial charge in [-0.15, -0.1) is 0 Å². The van der Waals surface area contributed by atoms with Crippen LogP contribution < -0.4 is 0 Å². The molecule has 722 valence electrons. The van der Waals surface area contributed by atoms with Crippen LogP contribution >= 0.6 is 0 Å². The molecule has 20 rings (SSSR count). The van der Waals surface area contributed by atoms with Gasteiger partial charge in [0.05, 0.1) is 16.6 Å². The molecule has 5 heteroatoms. The summed E-state index contributed by atoms with van der Waals surface area (Å²) in [6, 6.07) is 121. The predicted octanol–water partition coefficient (Wildman–Crippen LogP) is 39.5. The maximum Gasteiger partial charge on any atom is 0.0576 e. The van der Waals surface area contributed by atoms with Crippen LogP contribution in [0.5, 0.6) is 0 Å². The van der Waals surface area contributed by atoms with E-state index in [1.807, 2.05) is 19.9 Å². The van der Waals surface area contributed by atoms with Crippen molar-refractivity contribution in [1.29, 1.82) is 0 Å². The van der Waals surface area contributed by atoms with Gasteiger partial charge in [-0.2, -0.15) is 0 Å². The first-order chi connectivity index (χ1) is 66.0. The normalized spacial score (nSPS) is 12.8. The average Bonchev–Trinajstić information content (AvgIpc) is 1.57. The minimum absolute atomic E-state index is 0.00544. The van der Waals surface area contributed by atoms with Gasteiger partial charge in [-0.1, -0.05) is 400 Å². The van der Waals surface area contributed by atoms with E-state index in [4.69, 9.17) is 1.37 Å². The fraction of sp³-hybridized carbons (Fsp3) is 0.333. The molecule has 5 heterocycles. The van der Waals surface area contributed by atoms with E-state index in [2.05, 4.69) is 565 Å². The molecule has 5 aromatic heterocycles. The quantitative estimate of drug-likeness (QED) is 0.152. The van der Waals surface area contributed by atoms with Crippen molar-refractivity contribution in [2.24, 2.45) is 0 Å². The van der Waals surface area contributed by atoms with Crippen molar-refractivity contribution in [1.82, 2.24) is 22.8 Å². The minimum Gasteiger partial charge on any atom is -0.335 e. The molecule has 0 fully saturated rings. The van der Waals surface area contributed by atoms with Crippen LogP contribution in [0.25, 0.3) is 148 Å². The number of nitrogens with zero attached hydrogens (tertiary/aromatic N) is 5. The number of fused-ring (bicyclic) bond motifs is 15. The largest absolute Gasteiger partial charge is 0.335 e. The van der Waals surface area contributed by atoms with Crippen LogP contribution in [-0.2, 0) is 49.2 Å². The van der Waals surface area contributed by atoms with Crippen LogP contribution in [0.1, 0.15) is 292 Å². The van der Waals surface area contributed by atoms with Crippen LogP contribution in [0, 0.1) is 0 Å². The van der Waals surface area contributed by atoms with Crippen molar-refractivity contribution in [3.8, 4) is 39.1 Å². The molecule has 0 aliphatic rings. The van der Waals surface area contributed by atoms with Crippen LogP contribution in [0.4, 0.5) is 0 Å². The molecule has 0 radical (unpaired) electrons. The third-order valence-corrected chi connectivity index (χ3v) is 27.7. The number of para-hydroxylation sites is 7. The van der Waals surface area contributed by atoms with Gasteiger partial charge in [-0.05, 0) is 279 Å². The van der Waals surface area contributed by atoms with E-state index in [9.17, 15) is 0 Å². The molecule has 0 N–H and O–H groups in total. The van der Waals surface area contributed by atoms with Crippen molar-refractivity contribution in [3.05, 3.63) is 378 Å². The summed E-state index contributed by atoms with van der Waals surface area (Å²) in [6.45, 7) is 74.9. The minimum atomic E-state index is -0.632. The molecule has 0 spiro atoms. The van der Waals surface area contributed by atoms with E-state index >= 15 is 0 Å². The number of hydrogen-bond donors (Lipinski definition) is 0. The Morgan fingerprint density at radius 2 is 0.493 bits per heavy atom. The van der Waals surface area contributed by atoms with E-state index in [1.165, 1.54) is 187 Å². The van der Waals surface area contributed by atoms with Gasteiger partial charge in [0.2, 0.25) is 0 Å². The second-order valence-corrected chi connectivity index (χ2v) is 49.0. The van der Waals surface area contributed by atoms with E-state index < -0.39 is 5.89 Å². The highest BCUT2D eigenvalue weighted by atomic mass is 15.1. The van der Waals surface area contributed by atoms with Gasteiger partial charge in [0.15, 0.2) is 0 Å². The Morgan fingerprint density at radius 3 is 0.836 bits per heavy atom. The lowest BCUT2D eigenvalue weighted by Gasteiger charge is -2.34. The molecule has 0 aliphatic heterocycles. The number of aromatic nitrogens is 5. The highest BCUT2D eigenvalue weighted by molar-refractivity contribution is 6.15. The second-order valence-electron chi connectivity index (χ2n) is 49.0. The van der Waals surface area contributed by atoms with E-state index in [0.29, 0.717) is 11.8 Å².